The van der Waals surface area contributed by atoms with Gasteiger partial charge in [0.1, 0.15) is 0 Å². The highest BCUT2D eigenvalue weighted by molar-refractivity contribution is 6.30. The van der Waals surface area contributed by atoms with Gasteiger partial charge in [0, 0.05) is 23.2 Å². The lowest BCUT2D eigenvalue weighted by atomic mass is 10.1. The summed E-state index contributed by atoms with van der Waals surface area (Å²) in [7, 11) is 1.59. The predicted octanol–water partition coefficient (Wildman–Crippen LogP) is 3.15. The van der Waals surface area contributed by atoms with Crippen LogP contribution >= 0.6 is 11.6 Å². The minimum Gasteiger partial charge on any atom is -0.493 e. The van der Waals surface area contributed by atoms with E-state index in [1.807, 2.05) is 0 Å². The van der Waals surface area contributed by atoms with Crippen LogP contribution in [0.3, 0.4) is 0 Å². The van der Waals surface area contributed by atoms with E-state index in [0.717, 1.165) is 18.4 Å². The van der Waals surface area contributed by atoms with Crippen LogP contribution in [0, 0.1) is 0 Å². The molecule has 0 bridgehead atoms. The van der Waals surface area contributed by atoms with Crippen LogP contribution in [0.1, 0.15) is 31.2 Å². The van der Waals surface area contributed by atoms with Gasteiger partial charge < -0.3 is 14.7 Å². The van der Waals surface area contributed by atoms with Crippen molar-refractivity contribution in [2.45, 2.75) is 38.3 Å². The van der Waals surface area contributed by atoms with Crippen molar-refractivity contribution in [1.29, 1.82) is 0 Å². The zero-order valence-corrected chi connectivity index (χ0v) is 11.2. The zero-order valence-electron chi connectivity index (χ0n) is 10.4. The topological polar surface area (TPSA) is 50.7 Å². The van der Waals surface area contributed by atoms with E-state index in [1.54, 1.807) is 19.2 Å². The second-order valence-corrected chi connectivity index (χ2v) is 4.89. The smallest absolute Gasteiger partial charge is 0.166 e. The molecule has 0 saturated heterocycles. The molecule has 2 N–H and O–H groups in total. The molecule has 0 heterocycles. The van der Waals surface area contributed by atoms with Gasteiger partial charge in [0.15, 0.2) is 11.5 Å². The maximum Gasteiger partial charge on any atom is 0.166 e. The fraction of sp³-hybridized carbons (Fsp3) is 0.538. The lowest BCUT2D eigenvalue weighted by Crippen LogP contribution is -2.15. The van der Waals surface area contributed by atoms with Gasteiger partial charge in [0.05, 0.1) is 13.2 Å². The average molecular weight is 272 g/mol. The zero-order chi connectivity index (χ0) is 13.0. The van der Waals surface area contributed by atoms with Crippen LogP contribution in [0.5, 0.6) is 11.5 Å². The number of hydroxylamine groups is 1. The molecule has 0 aliphatic heterocycles. The molecule has 4 nitrogen and oxygen atoms in total. The van der Waals surface area contributed by atoms with Gasteiger partial charge in [0.25, 0.3) is 0 Å². The molecule has 2 rings (SSSR count). The molecule has 0 radical (unpaired) electrons. The van der Waals surface area contributed by atoms with Crippen molar-refractivity contribution in [2.75, 3.05) is 7.11 Å². The van der Waals surface area contributed by atoms with Crippen molar-refractivity contribution < 1.29 is 14.7 Å². The summed E-state index contributed by atoms with van der Waals surface area (Å²) in [5.74, 6) is 1.29. The molecule has 5 heteroatoms. The molecule has 0 atom stereocenters. The quantitative estimate of drug-likeness (QED) is 0.808. The Morgan fingerprint density at radius 3 is 2.72 bits per heavy atom. The summed E-state index contributed by atoms with van der Waals surface area (Å²) < 4.78 is 11.3. The van der Waals surface area contributed by atoms with Crippen LogP contribution in [0.2, 0.25) is 5.02 Å². The summed E-state index contributed by atoms with van der Waals surface area (Å²) in [5.41, 5.74) is 2.93. The first-order chi connectivity index (χ1) is 8.74. The Labute approximate surface area is 112 Å². The van der Waals surface area contributed by atoms with Crippen LogP contribution in [0.25, 0.3) is 0 Å². The van der Waals surface area contributed by atoms with Crippen LogP contribution in [-0.2, 0) is 6.54 Å². The molecule has 18 heavy (non-hydrogen) atoms. The van der Waals surface area contributed by atoms with E-state index in [0.29, 0.717) is 16.5 Å². The monoisotopic (exact) mass is 271 g/mol. The van der Waals surface area contributed by atoms with E-state index >= 15 is 0 Å². The Morgan fingerprint density at radius 2 is 2.11 bits per heavy atom. The molecule has 0 amide bonds. The third-order valence-corrected chi connectivity index (χ3v) is 3.39. The van der Waals surface area contributed by atoms with Gasteiger partial charge in [-0.05, 0) is 31.7 Å². The molecular weight excluding hydrogens is 254 g/mol. The van der Waals surface area contributed by atoms with Crippen LogP contribution in [0.4, 0.5) is 0 Å². The van der Waals surface area contributed by atoms with Gasteiger partial charge in [-0.1, -0.05) is 11.6 Å². The molecule has 1 aliphatic rings. The number of rotatable bonds is 5. The summed E-state index contributed by atoms with van der Waals surface area (Å²) in [6, 6.07) is 3.50. The number of hydrogen-bond acceptors (Lipinski definition) is 4. The van der Waals surface area contributed by atoms with E-state index in [9.17, 15) is 0 Å². The van der Waals surface area contributed by atoms with Gasteiger partial charge >= 0.3 is 0 Å². The lowest BCUT2D eigenvalue weighted by molar-refractivity contribution is 0.155. The lowest BCUT2D eigenvalue weighted by Gasteiger charge is -2.19. The molecule has 0 aromatic heterocycles. The molecular formula is C13H18ClNO3. The van der Waals surface area contributed by atoms with Crippen molar-refractivity contribution in [3.05, 3.63) is 22.7 Å². The van der Waals surface area contributed by atoms with E-state index in [2.05, 4.69) is 5.48 Å². The summed E-state index contributed by atoms with van der Waals surface area (Å²) >= 11 is 6.01. The van der Waals surface area contributed by atoms with Gasteiger partial charge in [-0.3, -0.25) is 0 Å². The summed E-state index contributed by atoms with van der Waals surface area (Å²) in [4.78, 5) is 0. The molecule has 100 valence electrons. The number of nitrogens with one attached hydrogen (secondary N) is 1. The van der Waals surface area contributed by atoms with Gasteiger partial charge in [-0.2, -0.15) is 0 Å². The molecule has 1 aromatic carbocycles. The summed E-state index contributed by atoms with van der Waals surface area (Å²) in [6.07, 6.45) is 4.77. The van der Waals surface area contributed by atoms with Crippen LogP contribution in [-0.4, -0.2) is 18.4 Å². The van der Waals surface area contributed by atoms with Gasteiger partial charge in [-0.25, -0.2) is 5.48 Å². The summed E-state index contributed by atoms with van der Waals surface area (Å²) in [5, 5.41) is 9.44. The fourth-order valence-corrected chi connectivity index (χ4v) is 2.53. The Morgan fingerprint density at radius 1 is 1.39 bits per heavy atom. The minimum absolute atomic E-state index is 0.234. The molecule has 1 saturated carbocycles. The van der Waals surface area contributed by atoms with Crippen LogP contribution < -0.4 is 15.0 Å². The van der Waals surface area contributed by atoms with Gasteiger partial charge in [0.2, 0.25) is 0 Å². The molecule has 1 fully saturated rings. The number of methoxy groups -OCH3 is 1. The maximum absolute atomic E-state index is 8.87. The predicted molar refractivity (Wildman–Crippen MR) is 69.5 cm³/mol. The Bertz CT molecular complexity index is 405. The number of halogens is 1. The van der Waals surface area contributed by atoms with Crippen LogP contribution in [0.15, 0.2) is 12.1 Å². The Kier molecular flexibility index (Phi) is 4.69. The van der Waals surface area contributed by atoms with E-state index in [1.165, 1.54) is 12.8 Å². The minimum atomic E-state index is 0.234. The first-order valence-electron chi connectivity index (χ1n) is 6.14. The molecule has 1 aromatic rings. The standard InChI is InChI=1S/C13H18ClNO3/c1-17-12-7-10(14)6-9(8-15-16)13(12)18-11-4-2-3-5-11/h6-7,11,15-16H,2-5,8H2,1H3. The van der Waals surface area contributed by atoms with E-state index in [4.69, 9.17) is 26.3 Å². The fourth-order valence-electron chi connectivity index (χ4n) is 2.30. The normalized spacial score (nSPS) is 15.9. The first-order valence-corrected chi connectivity index (χ1v) is 6.52. The second-order valence-electron chi connectivity index (χ2n) is 4.46. The number of hydrogen-bond donors (Lipinski definition) is 2. The van der Waals surface area contributed by atoms with Crippen molar-refractivity contribution in [3.8, 4) is 11.5 Å². The van der Waals surface area contributed by atoms with Gasteiger partial charge in [-0.15, -0.1) is 0 Å². The third kappa shape index (κ3) is 3.07. The highest BCUT2D eigenvalue weighted by atomic mass is 35.5. The Balaban J connectivity index is 2.28. The third-order valence-electron chi connectivity index (χ3n) is 3.17. The van der Waals surface area contributed by atoms with Crippen molar-refractivity contribution in [2.24, 2.45) is 0 Å². The maximum atomic E-state index is 8.87. The first kappa shape index (κ1) is 13.5. The number of benzene rings is 1. The summed E-state index contributed by atoms with van der Waals surface area (Å²) in [6.45, 7) is 0.277. The van der Waals surface area contributed by atoms with Crippen molar-refractivity contribution >= 4 is 11.6 Å². The Hall–Kier alpha value is -0.970. The second kappa shape index (κ2) is 6.27. The molecule has 1 aliphatic carbocycles. The largest absolute Gasteiger partial charge is 0.493 e. The SMILES string of the molecule is COc1cc(Cl)cc(CNO)c1OC1CCCC1. The van der Waals surface area contributed by atoms with Crippen molar-refractivity contribution in [1.82, 2.24) is 5.48 Å². The molecule has 0 unspecified atom stereocenters. The number of ether oxygens (including phenoxy) is 2. The molecule has 0 spiro atoms. The average Bonchev–Trinajstić information content (AvgIpc) is 2.85. The highest BCUT2D eigenvalue weighted by Crippen LogP contribution is 2.37. The highest BCUT2D eigenvalue weighted by Gasteiger charge is 2.21. The van der Waals surface area contributed by atoms with E-state index < -0.39 is 0 Å². The van der Waals surface area contributed by atoms with Crippen molar-refractivity contribution in [3.63, 3.8) is 0 Å². The van der Waals surface area contributed by atoms with E-state index in [-0.39, 0.29) is 12.6 Å².